The second kappa shape index (κ2) is 5.96. The maximum atomic E-state index is 11.8. The Balaban J connectivity index is 2.86. The third kappa shape index (κ3) is 2.60. The molecule has 0 aliphatic heterocycles. The smallest absolute Gasteiger partial charge is 0.337 e. The number of carboxylic acid groups (broad SMARTS) is 3. The van der Waals surface area contributed by atoms with Crippen molar-refractivity contribution < 1.29 is 29.7 Å². The number of rotatable bonds is 4. The fraction of sp³-hybridized carbons (Fsp3) is 0.278. The largest absolute Gasteiger partial charge is 0.478 e. The lowest BCUT2D eigenvalue weighted by Gasteiger charge is -2.37. The van der Waals surface area contributed by atoms with Crippen molar-refractivity contribution >= 4 is 17.9 Å². The molecule has 1 aromatic carbocycles. The summed E-state index contributed by atoms with van der Waals surface area (Å²) in [5.74, 6) is -4.58. The molecule has 2 atom stereocenters. The van der Waals surface area contributed by atoms with Gasteiger partial charge in [0, 0.05) is 5.41 Å². The van der Waals surface area contributed by atoms with Crippen molar-refractivity contribution in [2.24, 2.45) is 5.92 Å². The molecule has 0 spiro atoms. The van der Waals surface area contributed by atoms with Crippen LogP contribution in [-0.2, 0) is 5.41 Å². The van der Waals surface area contributed by atoms with Crippen LogP contribution in [-0.4, -0.2) is 33.2 Å². The van der Waals surface area contributed by atoms with Gasteiger partial charge in [0.1, 0.15) is 0 Å². The second-order valence-electron chi connectivity index (χ2n) is 6.10. The fourth-order valence-electron chi connectivity index (χ4n) is 3.16. The first-order valence-corrected chi connectivity index (χ1v) is 7.34. The van der Waals surface area contributed by atoms with E-state index < -0.39 is 40.0 Å². The van der Waals surface area contributed by atoms with E-state index in [2.05, 4.69) is 0 Å². The predicted molar refractivity (Wildman–Crippen MR) is 86.7 cm³/mol. The zero-order chi connectivity index (χ0) is 18.2. The van der Waals surface area contributed by atoms with Gasteiger partial charge in [0.25, 0.3) is 0 Å². The number of allylic oxidation sites excluding steroid dienone is 4. The molecule has 1 aromatic rings. The maximum absolute atomic E-state index is 11.8. The molecule has 0 bridgehead atoms. The summed E-state index contributed by atoms with van der Waals surface area (Å²) in [6, 6.07) is 2.56. The Morgan fingerprint density at radius 2 is 1.58 bits per heavy atom. The van der Waals surface area contributed by atoms with Gasteiger partial charge in [0.15, 0.2) is 0 Å². The first-order valence-electron chi connectivity index (χ1n) is 7.34. The molecule has 2 unspecified atom stereocenters. The molecule has 2 rings (SSSR count). The lowest BCUT2D eigenvalue weighted by atomic mass is 9.66. The standard InChI is InChI=1S/C18H18O6/c1-9-5-4-8-18(3,10(9)2)12-7-6-11(15(19)20)13(16(21)22)14(12)17(23)24/h4-8,10H,1-3H3,(H,19,20)(H,21,22)(H,23,24). The lowest BCUT2D eigenvalue weighted by Crippen LogP contribution is -2.33. The molecule has 6 nitrogen and oxygen atoms in total. The van der Waals surface area contributed by atoms with Crippen molar-refractivity contribution in [1.29, 1.82) is 0 Å². The van der Waals surface area contributed by atoms with Crippen LogP contribution in [0.3, 0.4) is 0 Å². The average Bonchev–Trinajstić information content (AvgIpc) is 2.50. The van der Waals surface area contributed by atoms with Gasteiger partial charge in [-0.05, 0) is 24.5 Å². The number of benzene rings is 1. The molecule has 0 fully saturated rings. The van der Waals surface area contributed by atoms with Crippen LogP contribution >= 0.6 is 0 Å². The minimum absolute atomic E-state index is 0.0714. The van der Waals surface area contributed by atoms with Crippen molar-refractivity contribution in [3.63, 3.8) is 0 Å². The van der Waals surface area contributed by atoms with Gasteiger partial charge in [-0.25, -0.2) is 14.4 Å². The molecule has 0 aromatic heterocycles. The highest BCUT2D eigenvalue weighted by atomic mass is 16.4. The number of carboxylic acids is 3. The zero-order valence-electron chi connectivity index (χ0n) is 13.5. The number of aromatic carboxylic acids is 3. The summed E-state index contributed by atoms with van der Waals surface area (Å²) >= 11 is 0. The molecule has 3 N–H and O–H groups in total. The van der Waals surface area contributed by atoms with Crippen molar-refractivity contribution in [1.82, 2.24) is 0 Å². The summed E-state index contributed by atoms with van der Waals surface area (Å²) in [5.41, 5.74) is -1.15. The highest BCUT2D eigenvalue weighted by molar-refractivity contribution is 6.10. The van der Waals surface area contributed by atoms with E-state index in [-0.39, 0.29) is 11.5 Å². The normalized spacial score (nSPS) is 22.8. The minimum Gasteiger partial charge on any atom is -0.478 e. The Labute approximate surface area is 138 Å². The average molecular weight is 330 g/mol. The van der Waals surface area contributed by atoms with Crippen LogP contribution in [0.1, 0.15) is 57.4 Å². The molecule has 0 heterocycles. The van der Waals surface area contributed by atoms with Crippen LogP contribution in [0.15, 0.2) is 35.9 Å². The Morgan fingerprint density at radius 1 is 1.00 bits per heavy atom. The first-order chi connectivity index (χ1) is 11.1. The third-order valence-corrected chi connectivity index (χ3v) is 4.83. The Bertz CT molecular complexity index is 802. The molecule has 0 radical (unpaired) electrons. The fourth-order valence-corrected chi connectivity index (χ4v) is 3.16. The molecule has 0 saturated carbocycles. The van der Waals surface area contributed by atoms with E-state index in [0.717, 1.165) is 11.6 Å². The van der Waals surface area contributed by atoms with Gasteiger partial charge >= 0.3 is 17.9 Å². The van der Waals surface area contributed by atoms with Gasteiger partial charge in [0.05, 0.1) is 16.7 Å². The topological polar surface area (TPSA) is 112 Å². The monoisotopic (exact) mass is 330 g/mol. The Hall–Kier alpha value is -2.89. The van der Waals surface area contributed by atoms with Crippen LogP contribution in [0.2, 0.25) is 0 Å². The van der Waals surface area contributed by atoms with E-state index >= 15 is 0 Å². The Morgan fingerprint density at radius 3 is 2.08 bits per heavy atom. The van der Waals surface area contributed by atoms with Crippen molar-refractivity contribution in [3.8, 4) is 0 Å². The highest BCUT2D eigenvalue weighted by Gasteiger charge is 2.39. The van der Waals surface area contributed by atoms with Crippen LogP contribution in [0, 0.1) is 5.92 Å². The molecule has 126 valence electrons. The van der Waals surface area contributed by atoms with E-state index in [1.54, 1.807) is 6.08 Å². The summed E-state index contributed by atoms with van der Waals surface area (Å²) in [6.45, 7) is 5.65. The minimum atomic E-state index is -1.57. The molecule has 24 heavy (non-hydrogen) atoms. The number of hydrogen-bond acceptors (Lipinski definition) is 3. The lowest BCUT2D eigenvalue weighted by molar-refractivity contribution is 0.0631. The zero-order valence-corrected chi connectivity index (χ0v) is 13.5. The molecular formula is C18H18O6. The van der Waals surface area contributed by atoms with Crippen LogP contribution in [0.5, 0.6) is 0 Å². The summed E-state index contributed by atoms with van der Waals surface area (Å²) in [7, 11) is 0. The molecule has 0 saturated heterocycles. The van der Waals surface area contributed by atoms with Gasteiger partial charge in [-0.3, -0.25) is 0 Å². The van der Waals surface area contributed by atoms with Crippen LogP contribution in [0.4, 0.5) is 0 Å². The van der Waals surface area contributed by atoms with Gasteiger partial charge in [-0.1, -0.05) is 43.7 Å². The number of carbonyl (C=O) groups is 3. The van der Waals surface area contributed by atoms with Crippen LogP contribution in [0.25, 0.3) is 0 Å². The SMILES string of the molecule is CC1=CC=CC(C)(c2ccc(C(=O)O)c(C(=O)O)c2C(=O)O)C1C. The van der Waals surface area contributed by atoms with Crippen molar-refractivity contribution in [2.75, 3.05) is 0 Å². The molecular weight excluding hydrogens is 312 g/mol. The summed E-state index contributed by atoms with van der Waals surface area (Å²) in [6.07, 6.45) is 5.53. The number of hydrogen-bond donors (Lipinski definition) is 3. The molecule has 1 aliphatic rings. The molecule has 6 heteroatoms. The molecule has 0 amide bonds. The summed E-state index contributed by atoms with van der Waals surface area (Å²) in [5, 5.41) is 28.2. The van der Waals surface area contributed by atoms with E-state index in [1.165, 1.54) is 6.07 Å². The van der Waals surface area contributed by atoms with E-state index in [9.17, 15) is 29.7 Å². The van der Waals surface area contributed by atoms with Gasteiger partial charge in [0.2, 0.25) is 0 Å². The first kappa shape index (κ1) is 17.5. The van der Waals surface area contributed by atoms with E-state index in [1.807, 2.05) is 32.9 Å². The summed E-state index contributed by atoms with van der Waals surface area (Å²) < 4.78 is 0. The van der Waals surface area contributed by atoms with Crippen molar-refractivity contribution in [2.45, 2.75) is 26.2 Å². The van der Waals surface area contributed by atoms with Gasteiger partial charge < -0.3 is 15.3 Å². The van der Waals surface area contributed by atoms with E-state index in [0.29, 0.717) is 0 Å². The quantitative estimate of drug-likeness (QED) is 0.781. The van der Waals surface area contributed by atoms with Gasteiger partial charge in [-0.2, -0.15) is 0 Å². The predicted octanol–water partition coefficient (Wildman–Crippen LogP) is 3.19. The van der Waals surface area contributed by atoms with Crippen molar-refractivity contribution in [3.05, 3.63) is 58.2 Å². The highest BCUT2D eigenvalue weighted by Crippen LogP contribution is 2.42. The third-order valence-electron chi connectivity index (χ3n) is 4.83. The molecule has 1 aliphatic carbocycles. The Kier molecular flexibility index (Phi) is 4.34. The maximum Gasteiger partial charge on any atom is 0.337 e. The van der Waals surface area contributed by atoms with Gasteiger partial charge in [-0.15, -0.1) is 0 Å². The van der Waals surface area contributed by atoms with E-state index in [4.69, 9.17) is 0 Å². The second-order valence-corrected chi connectivity index (χ2v) is 6.10. The summed E-state index contributed by atoms with van der Waals surface area (Å²) in [4.78, 5) is 34.7. The van der Waals surface area contributed by atoms with Crippen LogP contribution < -0.4 is 0 Å².